The third-order valence-corrected chi connectivity index (χ3v) is 4.94. The molecule has 2 aromatic rings. The van der Waals surface area contributed by atoms with Crippen LogP contribution in [0.15, 0.2) is 28.6 Å². The van der Waals surface area contributed by atoms with E-state index < -0.39 is 0 Å². The van der Waals surface area contributed by atoms with Crippen molar-refractivity contribution in [2.45, 2.75) is 30.0 Å². The number of hydroxylamine groups is 1. The standard InChI is InChI=1S/C13H16N2O2S2/c16-12(15-17)8-2-1-5-9-18-13-14-10-6-3-4-7-11(10)19-13/h3-4,6-7,17H,1-2,5,8-9H2,(H,15,16). The van der Waals surface area contributed by atoms with Gasteiger partial charge in [0.25, 0.3) is 0 Å². The number of rotatable bonds is 7. The summed E-state index contributed by atoms with van der Waals surface area (Å²) in [6.07, 6.45) is 3.25. The fraction of sp³-hybridized carbons (Fsp3) is 0.385. The van der Waals surface area contributed by atoms with Gasteiger partial charge in [-0.3, -0.25) is 10.0 Å². The lowest BCUT2D eigenvalue weighted by atomic mass is 10.2. The Hall–Kier alpha value is -1.11. The van der Waals surface area contributed by atoms with E-state index in [9.17, 15) is 4.79 Å². The molecular formula is C13H16N2O2S2. The molecule has 1 aromatic heterocycles. The summed E-state index contributed by atoms with van der Waals surface area (Å²) in [7, 11) is 0. The number of fused-ring (bicyclic) bond motifs is 1. The van der Waals surface area contributed by atoms with E-state index in [2.05, 4.69) is 11.1 Å². The minimum absolute atomic E-state index is 0.307. The molecular weight excluding hydrogens is 280 g/mol. The molecule has 0 bridgehead atoms. The van der Waals surface area contributed by atoms with E-state index in [0.717, 1.165) is 34.9 Å². The SMILES string of the molecule is O=C(CCCCCSc1nc2ccccc2s1)NO. The molecule has 2 N–H and O–H groups in total. The molecule has 19 heavy (non-hydrogen) atoms. The summed E-state index contributed by atoms with van der Waals surface area (Å²) in [6.45, 7) is 0. The number of thioether (sulfide) groups is 1. The Kier molecular flexibility index (Phi) is 5.62. The predicted molar refractivity (Wildman–Crippen MR) is 78.7 cm³/mol. The van der Waals surface area contributed by atoms with Gasteiger partial charge in [-0.1, -0.05) is 30.3 Å². The van der Waals surface area contributed by atoms with Crippen molar-refractivity contribution in [1.82, 2.24) is 10.5 Å². The van der Waals surface area contributed by atoms with Crippen LogP contribution in [-0.2, 0) is 4.79 Å². The average molecular weight is 296 g/mol. The zero-order chi connectivity index (χ0) is 13.5. The molecule has 102 valence electrons. The van der Waals surface area contributed by atoms with Crippen LogP contribution in [0.2, 0.25) is 0 Å². The number of hydrogen-bond acceptors (Lipinski definition) is 5. The van der Waals surface area contributed by atoms with Crippen molar-refractivity contribution in [3.8, 4) is 0 Å². The van der Waals surface area contributed by atoms with Gasteiger partial charge in [0.05, 0.1) is 10.2 Å². The fourth-order valence-electron chi connectivity index (χ4n) is 1.69. The van der Waals surface area contributed by atoms with Gasteiger partial charge < -0.3 is 0 Å². The molecule has 0 atom stereocenters. The number of hydrogen-bond donors (Lipinski definition) is 2. The monoisotopic (exact) mass is 296 g/mol. The van der Waals surface area contributed by atoms with Gasteiger partial charge in [-0.2, -0.15) is 0 Å². The largest absolute Gasteiger partial charge is 0.289 e. The highest BCUT2D eigenvalue weighted by molar-refractivity contribution is 8.01. The molecule has 2 rings (SSSR count). The highest BCUT2D eigenvalue weighted by Gasteiger charge is 2.03. The van der Waals surface area contributed by atoms with Gasteiger partial charge in [0, 0.05) is 12.2 Å². The predicted octanol–water partition coefficient (Wildman–Crippen LogP) is 3.45. The highest BCUT2D eigenvalue weighted by Crippen LogP contribution is 2.29. The van der Waals surface area contributed by atoms with Crippen LogP contribution in [0, 0.1) is 0 Å². The van der Waals surface area contributed by atoms with Gasteiger partial charge in [0.2, 0.25) is 5.91 Å². The second-order valence-corrected chi connectivity index (χ2v) is 6.51. The Morgan fingerprint density at radius 3 is 2.95 bits per heavy atom. The zero-order valence-corrected chi connectivity index (χ0v) is 12.1. The van der Waals surface area contributed by atoms with Gasteiger partial charge in [0.15, 0.2) is 4.34 Å². The first kappa shape index (κ1) is 14.3. The number of benzene rings is 1. The van der Waals surface area contributed by atoms with Crippen molar-refractivity contribution in [3.05, 3.63) is 24.3 Å². The lowest BCUT2D eigenvalue weighted by molar-refractivity contribution is -0.129. The van der Waals surface area contributed by atoms with Crippen LogP contribution in [0.4, 0.5) is 0 Å². The molecule has 0 spiro atoms. The van der Waals surface area contributed by atoms with E-state index >= 15 is 0 Å². The summed E-state index contributed by atoms with van der Waals surface area (Å²) in [5.41, 5.74) is 2.71. The molecule has 1 heterocycles. The van der Waals surface area contributed by atoms with Crippen molar-refractivity contribution in [2.24, 2.45) is 0 Å². The molecule has 1 amide bonds. The fourth-order valence-corrected chi connectivity index (χ4v) is 3.83. The quantitative estimate of drug-likeness (QED) is 0.355. The van der Waals surface area contributed by atoms with Gasteiger partial charge in [-0.15, -0.1) is 11.3 Å². The van der Waals surface area contributed by atoms with Crippen LogP contribution in [-0.4, -0.2) is 21.9 Å². The normalized spacial score (nSPS) is 10.8. The van der Waals surface area contributed by atoms with E-state index in [1.807, 2.05) is 18.2 Å². The molecule has 0 aliphatic rings. The average Bonchev–Trinajstić information content (AvgIpc) is 2.84. The van der Waals surface area contributed by atoms with Gasteiger partial charge in [-0.25, -0.2) is 10.5 Å². The molecule has 0 saturated heterocycles. The number of para-hydroxylation sites is 1. The van der Waals surface area contributed by atoms with Crippen LogP contribution >= 0.6 is 23.1 Å². The number of thiazole rings is 1. The summed E-state index contributed by atoms with van der Waals surface area (Å²) in [5.74, 6) is 0.708. The molecule has 0 aliphatic carbocycles. The van der Waals surface area contributed by atoms with Crippen LogP contribution in [0.3, 0.4) is 0 Å². The molecule has 0 radical (unpaired) electrons. The van der Waals surface area contributed by atoms with Crippen LogP contribution in [0.5, 0.6) is 0 Å². The molecule has 0 unspecified atom stereocenters. The first-order chi connectivity index (χ1) is 9.29. The van der Waals surface area contributed by atoms with Crippen molar-refractivity contribution < 1.29 is 10.0 Å². The first-order valence-electron chi connectivity index (χ1n) is 6.21. The second-order valence-electron chi connectivity index (χ2n) is 4.14. The zero-order valence-electron chi connectivity index (χ0n) is 10.5. The molecule has 0 fully saturated rings. The molecule has 1 aromatic carbocycles. The Balaban J connectivity index is 1.67. The maximum Gasteiger partial charge on any atom is 0.243 e. The summed E-state index contributed by atoms with van der Waals surface area (Å²) >= 11 is 3.49. The van der Waals surface area contributed by atoms with Crippen LogP contribution in [0.25, 0.3) is 10.2 Å². The van der Waals surface area contributed by atoms with Crippen molar-refractivity contribution in [3.63, 3.8) is 0 Å². The number of nitrogens with zero attached hydrogens (tertiary/aromatic N) is 1. The van der Waals surface area contributed by atoms with E-state index in [1.54, 1.807) is 28.6 Å². The minimum Gasteiger partial charge on any atom is -0.289 e. The number of nitrogens with one attached hydrogen (secondary N) is 1. The Bertz CT molecular complexity index is 509. The number of aromatic nitrogens is 1. The molecule has 6 heteroatoms. The number of carbonyl (C=O) groups excluding carboxylic acids is 1. The van der Waals surface area contributed by atoms with Crippen LogP contribution in [0.1, 0.15) is 25.7 Å². The van der Waals surface area contributed by atoms with Crippen molar-refractivity contribution >= 4 is 39.2 Å². The highest BCUT2D eigenvalue weighted by atomic mass is 32.2. The third kappa shape index (κ3) is 4.49. The summed E-state index contributed by atoms with van der Waals surface area (Å²) < 4.78 is 2.33. The summed E-state index contributed by atoms with van der Waals surface area (Å²) in [5, 5.41) is 8.34. The second kappa shape index (κ2) is 7.47. The van der Waals surface area contributed by atoms with Gasteiger partial charge in [0.1, 0.15) is 0 Å². The molecule has 0 aliphatic heterocycles. The summed E-state index contributed by atoms with van der Waals surface area (Å²) in [4.78, 5) is 15.3. The smallest absolute Gasteiger partial charge is 0.243 e. The van der Waals surface area contributed by atoms with E-state index in [0.29, 0.717) is 6.42 Å². The van der Waals surface area contributed by atoms with Gasteiger partial charge >= 0.3 is 0 Å². The van der Waals surface area contributed by atoms with Crippen LogP contribution < -0.4 is 5.48 Å². The lowest BCUT2D eigenvalue weighted by Gasteiger charge is -1.99. The number of unbranched alkanes of at least 4 members (excludes halogenated alkanes) is 2. The van der Waals surface area contributed by atoms with Crippen molar-refractivity contribution in [2.75, 3.05) is 5.75 Å². The maximum atomic E-state index is 10.8. The topological polar surface area (TPSA) is 62.2 Å². The lowest BCUT2D eigenvalue weighted by Crippen LogP contribution is -2.17. The molecule has 4 nitrogen and oxygen atoms in total. The number of amides is 1. The van der Waals surface area contributed by atoms with Gasteiger partial charge in [-0.05, 0) is 25.0 Å². The van der Waals surface area contributed by atoms with Crippen molar-refractivity contribution in [1.29, 1.82) is 0 Å². The van der Waals surface area contributed by atoms with E-state index in [4.69, 9.17) is 5.21 Å². The minimum atomic E-state index is -0.307. The van der Waals surface area contributed by atoms with E-state index in [1.165, 1.54) is 4.70 Å². The van der Waals surface area contributed by atoms with E-state index in [-0.39, 0.29) is 5.91 Å². The number of carbonyl (C=O) groups is 1. The third-order valence-electron chi connectivity index (χ3n) is 2.67. The Morgan fingerprint density at radius 1 is 1.32 bits per heavy atom. The Morgan fingerprint density at radius 2 is 2.16 bits per heavy atom. The first-order valence-corrected chi connectivity index (χ1v) is 8.01. The Labute approximate surface area is 120 Å². The maximum absolute atomic E-state index is 10.8. The molecule has 0 saturated carbocycles. The summed E-state index contributed by atoms with van der Waals surface area (Å²) in [6, 6.07) is 8.15.